The van der Waals surface area contributed by atoms with E-state index in [1.165, 1.54) is 0 Å². The van der Waals surface area contributed by atoms with Gasteiger partial charge in [0.25, 0.3) is 10.0 Å². The van der Waals surface area contributed by atoms with Gasteiger partial charge in [-0.2, -0.15) is 0 Å². The van der Waals surface area contributed by atoms with Crippen LogP contribution in [0.3, 0.4) is 0 Å². The summed E-state index contributed by atoms with van der Waals surface area (Å²) in [6, 6.07) is 14.5. The van der Waals surface area contributed by atoms with Gasteiger partial charge in [0.15, 0.2) is 0 Å². The number of hydrogen-bond acceptors (Lipinski definition) is 2. The van der Waals surface area contributed by atoms with Crippen LogP contribution in [0, 0.1) is 6.92 Å². The van der Waals surface area contributed by atoms with Gasteiger partial charge in [0.1, 0.15) is 0 Å². The van der Waals surface area contributed by atoms with Crippen molar-refractivity contribution >= 4 is 26.6 Å². The van der Waals surface area contributed by atoms with E-state index in [0.717, 1.165) is 28.6 Å². The lowest BCUT2D eigenvalue weighted by Gasteiger charge is -2.20. The van der Waals surface area contributed by atoms with E-state index in [0.29, 0.717) is 5.69 Å². The van der Waals surface area contributed by atoms with Crippen molar-refractivity contribution in [2.24, 2.45) is 0 Å². The van der Waals surface area contributed by atoms with Gasteiger partial charge in [0.2, 0.25) is 0 Å². The number of aryl methyl sites for hydroxylation is 1. The number of sulfonamides is 1. The van der Waals surface area contributed by atoms with Crippen LogP contribution in [0.25, 0.3) is 10.9 Å². The van der Waals surface area contributed by atoms with E-state index in [9.17, 15) is 8.42 Å². The number of fused-ring (bicyclic) bond motifs is 1. The van der Waals surface area contributed by atoms with Gasteiger partial charge < -0.3 is 4.98 Å². The van der Waals surface area contributed by atoms with E-state index >= 15 is 0 Å². The van der Waals surface area contributed by atoms with Crippen LogP contribution in [0.15, 0.2) is 53.4 Å². The van der Waals surface area contributed by atoms with Crippen molar-refractivity contribution in [3.63, 3.8) is 0 Å². The topological polar surface area (TPSA) is 62.0 Å². The third-order valence-electron chi connectivity index (χ3n) is 4.82. The van der Waals surface area contributed by atoms with Crippen molar-refractivity contribution in [2.75, 3.05) is 4.72 Å². The average molecular weight is 356 g/mol. The van der Waals surface area contributed by atoms with Gasteiger partial charge in [0.05, 0.1) is 4.90 Å². The molecule has 0 radical (unpaired) electrons. The molecule has 3 aromatic rings. The monoisotopic (exact) mass is 356 g/mol. The number of aromatic nitrogens is 1. The molecule has 132 valence electrons. The highest BCUT2D eigenvalue weighted by Gasteiger charge is 2.20. The van der Waals surface area contributed by atoms with Crippen molar-refractivity contribution in [1.29, 1.82) is 0 Å². The molecule has 0 amide bonds. The highest BCUT2D eigenvalue weighted by Crippen LogP contribution is 2.30. The molecule has 0 saturated carbocycles. The highest BCUT2D eigenvalue weighted by atomic mass is 32.2. The number of hydrogen-bond donors (Lipinski definition) is 2. The van der Waals surface area contributed by atoms with Crippen molar-refractivity contribution in [3.05, 3.63) is 59.8 Å². The number of benzene rings is 2. The zero-order chi connectivity index (χ0) is 18.2. The first-order chi connectivity index (χ1) is 11.7. The largest absolute Gasteiger partial charge is 0.358 e. The first kappa shape index (κ1) is 17.5. The van der Waals surface area contributed by atoms with Crippen LogP contribution in [-0.2, 0) is 15.4 Å². The number of H-pyrrole nitrogens is 1. The summed E-state index contributed by atoms with van der Waals surface area (Å²) in [5.41, 5.74) is 3.81. The molecule has 0 aliphatic rings. The van der Waals surface area contributed by atoms with Gasteiger partial charge in [-0.05, 0) is 49.7 Å². The van der Waals surface area contributed by atoms with Gasteiger partial charge in [0, 0.05) is 27.7 Å². The molecule has 0 spiro atoms. The van der Waals surface area contributed by atoms with Crippen LogP contribution < -0.4 is 4.72 Å². The fraction of sp³-hybridized carbons (Fsp3) is 0.300. The molecule has 0 saturated heterocycles. The van der Waals surface area contributed by atoms with Crippen LogP contribution in [0.5, 0.6) is 0 Å². The van der Waals surface area contributed by atoms with Gasteiger partial charge >= 0.3 is 0 Å². The second kappa shape index (κ2) is 6.23. The fourth-order valence-corrected chi connectivity index (χ4v) is 3.73. The van der Waals surface area contributed by atoms with Crippen molar-refractivity contribution in [1.82, 2.24) is 4.98 Å². The van der Waals surface area contributed by atoms with E-state index in [1.54, 1.807) is 30.3 Å². The first-order valence-electron chi connectivity index (χ1n) is 8.44. The molecule has 25 heavy (non-hydrogen) atoms. The Hall–Kier alpha value is -2.27. The predicted molar refractivity (Wildman–Crippen MR) is 104 cm³/mol. The summed E-state index contributed by atoms with van der Waals surface area (Å²) in [4.78, 5) is 3.70. The molecule has 1 aromatic heterocycles. The Bertz CT molecular complexity index is 1000. The van der Waals surface area contributed by atoms with Gasteiger partial charge in [-0.25, -0.2) is 8.42 Å². The third kappa shape index (κ3) is 3.56. The van der Waals surface area contributed by atoms with E-state index in [4.69, 9.17) is 0 Å². The lowest BCUT2D eigenvalue weighted by Crippen LogP contribution is -2.15. The molecule has 0 unspecified atom stereocenters. The predicted octanol–water partition coefficient (Wildman–Crippen LogP) is 4.96. The number of aromatic amines is 1. The van der Waals surface area contributed by atoms with Gasteiger partial charge in [-0.15, -0.1) is 0 Å². The number of nitrogens with one attached hydrogen (secondary N) is 2. The molecule has 0 aliphatic heterocycles. The minimum absolute atomic E-state index is 0.0561. The normalized spacial score (nSPS) is 12.5. The molecule has 3 rings (SSSR count). The zero-order valence-electron chi connectivity index (χ0n) is 15.1. The Morgan fingerprint density at radius 3 is 2.36 bits per heavy atom. The van der Waals surface area contributed by atoms with Crippen LogP contribution in [0.1, 0.15) is 38.4 Å². The Morgan fingerprint density at radius 2 is 1.72 bits per heavy atom. The van der Waals surface area contributed by atoms with E-state index in [2.05, 4.69) is 36.5 Å². The quantitative estimate of drug-likeness (QED) is 0.678. The SMILES string of the molecule is CCC(C)(C)c1cc2cc(NS(=O)(=O)c3ccc(C)cc3)ccc2[nH]1. The molecule has 2 N–H and O–H groups in total. The van der Waals surface area contributed by atoms with Crippen molar-refractivity contribution in [3.8, 4) is 0 Å². The summed E-state index contributed by atoms with van der Waals surface area (Å²) < 4.78 is 27.7. The molecule has 2 aromatic carbocycles. The van der Waals surface area contributed by atoms with Crippen LogP contribution in [0.2, 0.25) is 0 Å². The molecular formula is C20H24N2O2S. The maximum atomic E-state index is 12.5. The molecule has 0 fully saturated rings. The summed E-state index contributed by atoms with van der Waals surface area (Å²) >= 11 is 0. The molecule has 0 aliphatic carbocycles. The molecular weight excluding hydrogens is 332 g/mol. The Balaban J connectivity index is 1.93. The summed E-state index contributed by atoms with van der Waals surface area (Å²) in [6.45, 7) is 8.48. The molecule has 5 heteroatoms. The summed E-state index contributed by atoms with van der Waals surface area (Å²) in [5.74, 6) is 0. The summed E-state index contributed by atoms with van der Waals surface area (Å²) in [7, 11) is -3.59. The summed E-state index contributed by atoms with van der Waals surface area (Å²) in [5, 5.41) is 1.00. The van der Waals surface area contributed by atoms with Crippen LogP contribution in [-0.4, -0.2) is 13.4 Å². The minimum atomic E-state index is -3.59. The summed E-state index contributed by atoms with van der Waals surface area (Å²) in [6.07, 6.45) is 1.02. The number of rotatable bonds is 5. The van der Waals surface area contributed by atoms with Gasteiger partial charge in [-0.1, -0.05) is 38.5 Å². The maximum absolute atomic E-state index is 12.5. The third-order valence-corrected chi connectivity index (χ3v) is 6.21. The fourth-order valence-electron chi connectivity index (χ4n) is 2.68. The number of anilines is 1. The smallest absolute Gasteiger partial charge is 0.261 e. The van der Waals surface area contributed by atoms with E-state index < -0.39 is 10.0 Å². The van der Waals surface area contributed by atoms with E-state index in [1.807, 2.05) is 19.1 Å². The van der Waals surface area contributed by atoms with E-state index in [-0.39, 0.29) is 10.3 Å². The molecule has 0 bridgehead atoms. The van der Waals surface area contributed by atoms with Crippen molar-refractivity contribution < 1.29 is 8.42 Å². The lowest BCUT2D eigenvalue weighted by molar-refractivity contribution is 0.494. The second-order valence-electron chi connectivity index (χ2n) is 7.14. The zero-order valence-corrected chi connectivity index (χ0v) is 15.9. The Morgan fingerprint density at radius 1 is 1.04 bits per heavy atom. The molecule has 4 nitrogen and oxygen atoms in total. The maximum Gasteiger partial charge on any atom is 0.261 e. The van der Waals surface area contributed by atoms with Crippen LogP contribution >= 0.6 is 0 Å². The Labute approximate surface area is 149 Å². The second-order valence-corrected chi connectivity index (χ2v) is 8.82. The average Bonchev–Trinajstić information content (AvgIpc) is 2.99. The highest BCUT2D eigenvalue weighted by molar-refractivity contribution is 7.92. The van der Waals surface area contributed by atoms with Crippen LogP contribution in [0.4, 0.5) is 5.69 Å². The Kier molecular flexibility index (Phi) is 4.37. The minimum Gasteiger partial charge on any atom is -0.358 e. The van der Waals surface area contributed by atoms with Crippen molar-refractivity contribution in [2.45, 2.75) is 44.4 Å². The molecule has 1 heterocycles. The molecule has 0 atom stereocenters. The first-order valence-corrected chi connectivity index (χ1v) is 9.92. The standard InChI is InChI=1S/C20H24N2O2S/c1-5-20(3,4)19-13-15-12-16(8-11-18(15)21-19)22-25(23,24)17-9-6-14(2)7-10-17/h6-13,21-22H,5H2,1-4H3. The van der Waals surface area contributed by atoms with Gasteiger partial charge in [-0.3, -0.25) is 4.72 Å². The lowest BCUT2D eigenvalue weighted by atomic mass is 9.86.